The standard InChI is InChI=1S/C13H10BrClFN5/c1-7-11(15)20-13-18-6-19-21(13)12(7)17-5-8-4-9(16)2-3-10(8)14/h2-4,6,17H,5H2,1H3. The second-order valence-corrected chi connectivity index (χ2v) is 5.65. The molecule has 1 aromatic carbocycles. The minimum atomic E-state index is -0.287. The highest BCUT2D eigenvalue weighted by atomic mass is 79.9. The van der Waals surface area contributed by atoms with Crippen molar-refractivity contribution in [1.29, 1.82) is 0 Å². The first-order chi connectivity index (χ1) is 10.1. The van der Waals surface area contributed by atoms with Crippen molar-refractivity contribution >= 4 is 39.1 Å². The van der Waals surface area contributed by atoms with Gasteiger partial charge in [0.15, 0.2) is 0 Å². The molecule has 0 spiro atoms. The van der Waals surface area contributed by atoms with Gasteiger partial charge in [-0.05, 0) is 30.7 Å². The maximum atomic E-state index is 13.3. The molecule has 0 radical (unpaired) electrons. The van der Waals surface area contributed by atoms with E-state index >= 15 is 0 Å². The Morgan fingerprint density at radius 2 is 2.24 bits per heavy atom. The summed E-state index contributed by atoms with van der Waals surface area (Å²) in [6.07, 6.45) is 1.40. The van der Waals surface area contributed by atoms with Crippen LogP contribution in [-0.4, -0.2) is 19.6 Å². The van der Waals surface area contributed by atoms with Gasteiger partial charge in [-0.3, -0.25) is 0 Å². The van der Waals surface area contributed by atoms with Crippen LogP contribution in [-0.2, 0) is 6.54 Å². The maximum Gasteiger partial charge on any atom is 0.255 e. The zero-order valence-corrected chi connectivity index (χ0v) is 13.3. The number of hydrogen-bond donors (Lipinski definition) is 1. The van der Waals surface area contributed by atoms with Crippen LogP contribution in [0.25, 0.3) is 5.78 Å². The van der Waals surface area contributed by atoms with Crippen LogP contribution in [0.1, 0.15) is 11.1 Å². The second-order valence-electron chi connectivity index (χ2n) is 4.44. The summed E-state index contributed by atoms with van der Waals surface area (Å²) < 4.78 is 15.7. The minimum absolute atomic E-state index is 0.287. The van der Waals surface area contributed by atoms with E-state index < -0.39 is 0 Å². The number of benzene rings is 1. The average Bonchev–Trinajstić information content (AvgIpc) is 2.90. The van der Waals surface area contributed by atoms with Gasteiger partial charge in [0, 0.05) is 16.6 Å². The Balaban J connectivity index is 1.96. The summed E-state index contributed by atoms with van der Waals surface area (Å²) in [6.45, 7) is 2.24. The summed E-state index contributed by atoms with van der Waals surface area (Å²) in [5.74, 6) is 0.801. The number of nitrogens with zero attached hydrogens (tertiary/aromatic N) is 4. The van der Waals surface area contributed by atoms with Crippen molar-refractivity contribution in [3.05, 3.63) is 51.1 Å². The molecule has 0 saturated carbocycles. The molecule has 0 unspecified atom stereocenters. The van der Waals surface area contributed by atoms with Gasteiger partial charge < -0.3 is 5.32 Å². The first kappa shape index (κ1) is 14.2. The predicted molar refractivity (Wildman–Crippen MR) is 82.0 cm³/mol. The van der Waals surface area contributed by atoms with E-state index in [0.29, 0.717) is 23.3 Å². The van der Waals surface area contributed by atoms with E-state index in [4.69, 9.17) is 11.6 Å². The number of hydrogen-bond acceptors (Lipinski definition) is 4. The molecule has 0 aliphatic rings. The van der Waals surface area contributed by atoms with E-state index in [0.717, 1.165) is 15.6 Å². The Kier molecular flexibility index (Phi) is 3.77. The third kappa shape index (κ3) is 2.71. The second kappa shape index (κ2) is 5.57. The van der Waals surface area contributed by atoms with Crippen LogP contribution in [0.15, 0.2) is 29.0 Å². The lowest BCUT2D eigenvalue weighted by Crippen LogP contribution is -2.09. The van der Waals surface area contributed by atoms with Crippen molar-refractivity contribution in [2.24, 2.45) is 0 Å². The van der Waals surface area contributed by atoms with Gasteiger partial charge in [0.1, 0.15) is 23.1 Å². The lowest BCUT2D eigenvalue weighted by Gasteiger charge is -2.12. The molecule has 0 aliphatic carbocycles. The quantitative estimate of drug-likeness (QED) is 0.716. The van der Waals surface area contributed by atoms with Gasteiger partial charge in [-0.25, -0.2) is 4.39 Å². The van der Waals surface area contributed by atoms with Gasteiger partial charge in [0.25, 0.3) is 5.78 Å². The Bertz CT molecular complexity index is 820. The molecule has 0 aliphatic heterocycles. The fourth-order valence-electron chi connectivity index (χ4n) is 1.96. The molecule has 0 fully saturated rings. The molecule has 0 saturated heterocycles. The third-order valence-corrected chi connectivity index (χ3v) is 4.20. The van der Waals surface area contributed by atoms with E-state index in [1.54, 1.807) is 10.6 Å². The highest BCUT2D eigenvalue weighted by Gasteiger charge is 2.12. The summed E-state index contributed by atoms with van der Waals surface area (Å²) in [7, 11) is 0. The van der Waals surface area contributed by atoms with Crippen LogP contribution in [0.4, 0.5) is 10.2 Å². The molecule has 3 aromatic rings. The summed E-state index contributed by atoms with van der Waals surface area (Å²) in [4.78, 5) is 8.14. The zero-order chi connectivity index (χ0) is 15.0. The molecule has 1 N–H and O–H groups in total. The van der Waals surface area contributed by atoms with Crippen LogP contribution in [0.5, 0.6) is 0 Å². The summed E-state index contributed by atoms with van der Waals surface area (Å²) in [5, 5.41) is 7.67. The van der Waals surface area contributed by atoms with Crippen molar-refractivity contribution in [2.75, 3.05) is 5.32 Å². The Labute approximate surface area is 133 Å². The van der Waals surface area contributed by atoms with Crippen molar-refractivity contribution in [1.82, 2.24) is 19.6 Å². The van der Waals surface area contributed by atoms with Crippen LogP contribution in [0.3, 0.4) is 0 Å². The van der Waals surface area contributed by atoms with Crippen molar-refractivity contribution < 1.29 is 4.39 Å². The number of aromatic nitrogens is 4. The van der Waals surface area contributed by atoms with Crippen LogP contribution in [0, 0.1) is 12.7 Å². The molecule has 8 heteroatoms. The number of rotatable bonds is 3. The van der Waals surface area contributed by atoms with E-state index in [1.807, 2.05) is 6.92 Å². The molecule has 0 bridgehead atoms. The van der Waals surface area contributed by atoms with Gasteiger partial charge in [0.2, 0.25) is 0 Å². The first-order valence-corrected chi connectivity index (χ1v) is 7.27. The minimum Gasteiger partial charge on any atom is -0.365 e. The monoisotopic (exact) mass is 369 g/mol. The highest BCUT2D eigenvalue weighted by molar-refractivity contribution is 9.10. The van der Waals surface area contributed by atoms with Crippen molar-refractivity contribution in [3.8, 4) is 0 Å². The van der Waals surface area contributed by atoms with E-state index in [9.17, 15) is 4.39 Å². The molecule has 2 aromatic heterocycles. The summed E-state index contributed by atoms with van der Waals surface area (Å²) in [6, 6.07) is 4.54. The lowest BCUT2D eigenvalue weighted by molar-refractivity contribution is 0.625. The van der Waals surface area contributed by atoms with Gasteiger partial charge >= 0.3 is 0 Å². The first-order valence-electron chi connectivity index (χ1n) is 6.10. The van der Waals surface area contributed by atoms with Crippen LogP contribution in [0.2, 0.25) is 5.15 Å². The normalized spacial score (nSPS) is 11.0. The van der Waals surface area contributed by atoms with E-state index in [1.165, 1.54) is 18.5 Å². The van der Waals surface area contributed by atoms with Gasteiger partial charge in [-0.1, -0.05) is 27.5 Å². The molecule has 0 amide bonds. The summed E-state index contributed by atoms with van der Waals surface area (Å²) in [5.41, 5.74) is 1.54. The third-order valence-electron chi connectivity index (χ3n) is 3.06. The topological polar surface area (TPSA) is 55.1 Å². The predicted octanol–water partition coefficient (Wildman–Crippen LogP) is 3.60. The number of anilines is 1. The molecular weight excluding hydrogens is 361 g/mol. The highest BCUT2D eigenvalue weighted by Crippen LogP contribution is 2.24. The Morgan fingerprint density at radius 1 is 1.43 bits per heavy atom. The van der Waals surface area contributed by atoms with Gasteiger partial charge in [-0.15, -0.1) is 0 Å². The SMILES string of the molecule is Cc1c(Cl)nc2ncnn2c1NCc1cc(F)ccc1Br. The molecule has 5 nitrogen and oxygen atoms in total. The maximum absolute atomic E-state index is 13.3. The van der Waals surface area contributed by atoms with Crippen molar-refractivity contribution in [2.45, 2.75) is 13.5 Å². The number of nitrogens with one attached hydrogen (secondary N) is 1. The Morgan fingerprint density at radius 3 is 3.05 bits per heavy atom. The molecule has 108 valence electrons. The molecule has 2 heterocycles. The lowest BCUT2D eigenvalue weighted by atomic mass is 10.2. The summed E-state index contributed by atoms with van der Waals surface area (Å²) >= 11 is 9.49. The molecule has 21 heavy (non-hydrogen) atoms. The van der Waals surface area contributed by atoms with Crippen LogP contribution < -0.4 is 5.32 Å². The van der Waals surface area contributed by atoms with E-state index in [-0.39, 0.29) is 5.82 Å². The molecular formula is C13H10BrClFN5. The zero-order valence-electron chi connectivity index (χ0n) is 10.9. The fraction of sp³-hybridized carbons (Fsp3) is 0.154. The largest absolute Gasteiger partial charge is 0.365 e. The molecule has 3 rings (SSSR count). The van der Waals surface area contributed by atoms with E-state index in [2.05, 4.69) is 36.3 Å². The fourth-order valence-corrected chi connectivity index (χ4v) is 2.51. The average molecular weight is 371 g/mol. The van der Waals surface area contributed by atoms with Gasteiger partial charge in [0.05, 0.1) is 0 Å². The Hall–Kier alpha value is -1.73. The number of fused-ring (bicyclic) bond motifs is 1. The molecule has 0 atom stereocenters. The number of halogens is 3. The van der Waals surface area contributed by atoms with Gasteiger partial charge in [-0.2, -0.15) is 19.6 Å². The van der Waals surface area contributed by atoms with Crippen LogP contribution >= 0.6 is 27.5 Å². The smallest absolute Gasteiger partial charge is 0.255 e. The van der Waals surface area contributed by atoms with Crippen molar-refractivity contribution in [3.63, 3.8) is 0 Å².